The molecule has 0 spiro atoms. The highest BCUT2D eigenvalue weighted by molar-refractivity contribution is 5.93. The maximum absolute atomic E-state index is 12.2. The molecule has 2 rings (SSSR count). The topological polar surface area (TPSA) is 42.4 Å². The summed E-state index contributed by atoms with van der Waals surface area (Å²) in [5, 5.41) is 0. The SMILES string of the molecule is Cc1cc(C)cc(OCCN(C)C(=O)c2ccc(C)nc2)c1. The third-order valence-corrected chi connectivity index (χ3v) is 3.40. The summed E-state index contributed by atoms with van der Waals surface area (Å²) >= 11 is 0. The standard InChI is InChI=1S/C18H22N2O2/c1-13-9-14(2)11-17(10-13)22-8-7-20(4)18(21)16-6-5-15(3)19-12-16/h5-6,9-12H,7-8H2,1-4H3. The van der Waals surface area contributed by atoms with E-state index in [0.29, 0.717) is 18.7 Å². The van der Waals surface area contributed by atoms with Crippen LogP contribution < -0.4 is 4.74 Å². The van der Waals surface area contributed by atoms with E-state index in [1.807, 2.05) is 39.0 Å². The molecule has 4 heteroatoms. The highest BCUT2D eigenvalue weighted by atomic mass is 16.5. The number of aromatic nitrogens is 1. The molecule has 2 aromatic rings. The first-order valence-corrected chi connectivity index (χ1v) is 7.35. The molecule has 1 amide bonds. The highest BCUT2D eigenvalue weighted by Crippen LogP contribution is 2.16. The molecular weight excluding hydrogens is 276 g/mol. The van der Waals surface area contributed by atoms with Crippen LogP contribution in [0.25, 0.3) is 0 Å². The number of rotatable bonds is 5. The lowest BCUT2D eigenvalue weighted by Crippen LogP contribution is -2.31. The monoisotopic (exact) mass is 298 g/mol. The van der Waals surface area contributed by atoms with Crippen molar-refractivity contribution in [2.24, 2.45) is 0 Å². The van der Waals surface area contributed by atoms with E-state index in [1.54, 1.807) is 24.2 Å². The molecule has 0 saturated carbocycles. The lowest BCUT2D eigenvalue weighted by molar-refractivity contribution is 0.0773. The summed E-state index contributed by atoms with van der Waals surface area (Å²) < 4.78 is 5.73. The Morgan fingerprint density at radius 2 is 1.82 bits per heavy atom. The van der Waals surface area contributed by atoms with E-state index < -0.39 is 0 Å². The van der Waals surface area contributed by atoms with E-state index in [1.165, 1.54) is 11.1 Å². The van der Waals surface area contributed by atoms with Crippen molar-refractivity contribution < 1.29 is 9.53 Å². The number of hydrogen-bond acceptors (Lipinski definition) is 3. The van der Waals surface area contributed by atoms with Gasteiger partial charge in [-0.2, -0.15) is 0 Å². The molecule has 0 aliphatic heterocycles. The Balaban J connectivity index is 1.88. The van der Waals surface area contributed by atoms with Gasteiger partial charge in [0.2, 0.25) is 0 Å². The van der Waals surface area contributed by atoms with Gasteiger partial charge in [0.05, 0.1) is 12.1 Å². The first kappa shape index (κ1) is 16.0. The van der Waals surface area contributed by atoms with Crippen LogP contribution in [-0.2, 0) is 0 Å². The zero-order valence-electron chi connectivity index (χ0n) is 13.6. The molecule has 22 heavy (non-hydrogen) atoms. The molecule has 0 radical (unpaired) electrons. The van der Waals surface area contributed by atoms with Gasteiger partial charge in [0.15, 0.2) is 0 Å². The number of benzene rings is 1. The number of ether oxygens (including phenoxy) is 1. The molecule has 0 bridgehead atoms. The largest absolute Gasteiger partial charge is 0.492 e. The Hall–Kier alpha value is -2.36. The number of hydrogen-bond donors (Lipinski definition) is 0. The molecule has 0 aliphatic rings. The summed E-state index contributed by atoms with van der Waals surface area (Å²) in [5.41, 5.74) is 3.84. The predicted molar refractivity (Wildman–Crippen MR) is 87.3 cm³/mol. The lowest BCUT2D eigenvalue weighted by Gasteiger charge is -2.17. The van der Waals surface area contributed by atoms with Crippen LogP contribution >= 0.6 is 0 Å². The van der Waals surface area contributed by atoms with E-state index >= 15 is 0 Å². The van der Waals surface area contributed by atoms with Crippen molar-refractivity contribution in [1.82, 2.24) is 9.88 Å². The van der Waals surface area contributed by atoms with Gasteiger partial charge in [-0.05, 0) is 56.2 Å². The zero-order chi connectivity index (χ0) is 16.1. The third kappa shape index (κ3) is 4.32. The fourth-order valence-corrected chi connectivity index (χ4v) is 2.23. The van der Waals surface area contributed by atoms with Crippen LogP contribution in [0.5, 0.6) is 5.75 Å². The van der Waals surface area contributed by atoms with Gasteiger partial charge in [0.1, 0.15) is 12.4 Å². The van der Waals surface area contributed by atoms with Crippen molar-refractivity contribution in [2.75, 3.05) is 20.2 Å². The molecule has 0 aliphatic carbocycles. The van der Waals surface area contributed by atoms with Gasteiger partial charge >= 0.3 is 0 Å². The Kier molecular flexibility index (Phi) is 5.15. The maximum Gasteiger partial charge on any atom is 0.255 e. The minimum atomic E-state index is -0.0449. The van der Waals surface area contributed by atoms with Gasteiger partial charge < -0.3 is 9.64 Å². The van der Waals surface area contributed by atoms with Crippen LogP contribution in [-0.4, -0.2) is 36.0 Å². The molecule has 1 aromatic carbocycles. The van der Waals surface area contributed by atoms with E-state index in [9.17, 15) is 4.79 Å². The van der Waals surface area contributed by atoms with Gasteiger partial charge in [-0.1, -0.05) is 6.07 Å². The third-order valence-electron chi connectivity index (χ3n) is 3.40. The van der Waals surface area contributed by atoms with Gasteiger partial charge in [-0.15, -0.1) is 0 Å². The van der Waals surface area contributed by atoms with E-state index in [-0.39, 0.29) is 5.91 Å². The van der Waals surface area contributed by atoms with Crippen LogP contribution in [0.2, 0.25) is 0 Å². The van der Waals surface area contributed by atoms with Crippen molar-refractivity contribution in [3.63, 3.8) is 0 Å². The van der Waals surface area contributed by atoms with E-state index in [4.69, 9.17) is 4.74 Å². The lowest BCUT2D eigenvalue weighted by atomic mass is 10.1. The summed E-state index contributed by atoms with van der Waals surface area (Å²) in [5.74, 6) is 0.798. The van der Waals surface area contributed by atoms with Crippen LogP contribution in [0.3, 0.4) is 0 Å². The number of carbonyl (C=O) groups excluding carboxylic acids is 1. The van der Waals surface area contributed by atoms with Crippen LogP contribution in [0.15, 0.2) is 36.5 Å². The number of amides is 1. The second kappa shape index (κ2) is 7.07. The minimum absolute atomic E-state index is 0.0449. The molecule has 0 unspecified atom stereocenters. The molecule has 1 aromatic heterocycles. The second-order valence-electron chi connectivity index (χ2n) is 5.59. The predicted octanol–water partition coefficient (Wildman–Crippen LogP) is 3.16. The van der Waals surface area contributed by atoms with Gasteiger partial charge in [0.25, 0.3) is 5.91 Å². The molecule has 0 fully saturated rings. The summed E-state index contributed by atoms with van der Waals surface area (Å²) in [4.78, 5) is 18.0. The van der Waals surface area contributed by atoms with Crippen molar-refractivity contribution in [3.8, 4) is 5.75 Å². The summed E-state index contributed by atoms with van der Waals surface area (Å²) in [6.45, 7) is 6.97. The number of nitrogens with zero attached hydrogens (tertiary/aromatic N) is 2. The first-order chi connectivity index (χ1) is 10.5. The first-order valence-electron chi connectivity index (χ1n) is 7.35. The molecular formula is C18H22N2O2. The molecule has 116 valence electrons. The Bertz CT molecular complexity index is 630. The smallest absolute Gasteiger partial charge is 0.255 e. The Labute approximate surface area is 131 Å². The highest BCUT2D eigenvalue weighted by Gasteiger charge is 2.11. The molecule has 0 saturated heterocycles. The van der Waals surface area contributed by atoms with Crippen LogP contribution in [0.4, 0.5) is 0 Å². The fourth-order valence-electron chi connectivity index (χ4n) is 2.23. The van der Waals surface area contributed by atoms with E-state index in [0.717, 1.165) is 11.4 Å². The van der Waals surface area contributed by atoms with Crippen molar-refractivity contribution in [2.45, 2.75) is 20.8 Å². The van der Waals surface area contributed by atoms with Gasteiger partial charge in [-0.25, -0.2) is 0 Å². The van der Waals surface area contributed by atoms with Crippen LogP contribution in [0, 0.1) is 20.8 Å². The summed E-state index contributed by atoms with van der Waals surface area (Å²) in [7, 11) is 1.77. The molecule has 1 heterocycles. The summed E-state index contributed by atoms with van der Waals surface area (Å²) in [6, 6.07) is 9.74. The van der Waals surface area contributed by atoms with Gasteiger partial charge in [0, 0.05) is 18.9 Å². The normalized spacial score (nSPS) is 10.4. The average Bonchev–Trinajstić information content (AvgIpc) is 2.46. The second-order valence-corrected chi connectivity index (χ2v) is 5.59. The number of carbonyl (C=O) groups is 1. The molecule has 0 atom stereocenters. The molecule has 4 nitrogen and oxygen atoms in total. The zero-order valence-corrected chi connectivity index (χ0v) is 13.6. The van der Waals surface area contributed by atoms with Gasteiger partial charge in [-0.3, -0.25) is 9.78 Å². The van der Waals surface area contributed by atoms with Crippen molar-refractivity contribution in [1.29, 1.82) is 0 Å². The maximum atomic E-state index is 12.2. The number of pyridine rings is 1. The summed E-state index contributed by atoms with van der Waals surface area (Å²) in [6.07, 6.45) is 1.61. The Morgan fingerprint density at radius 3 is 2.41 bits per heavy atom. The van der Waals surface area contributed by atoms with E-state index in [2.05, 4.69) is 11.1 Å². The van der Waals surface area contributed by atoms with Crippen LogP contribution in [0.1, 0.15) is 27.2 Å². The Morgan fingerprint density at radius 1 is 1.14 bits per heavy atom. The quantitative estimate of drug-likeness (QED) is 0.851. The fraction of sp³-hybridized carbons (Fsp3) is 0.333. The van der Waals surface area contributed by atoms with Crippen molar-refractivity contribution >= 4 is 5.91 Å². The number of aryl methyl sites for hydroxylation is 3. The molecule has 0 N–H and O–H groups in total. The van der Waals surface area contributed by atoms with Crippen molar-refractivity contribution in [3.05, 3.63) is 58.9 Å². The average molecular weight is 298 g/mol. The number of likely N-dealkylation sites (N-methyl/N-ethyl adjacent to an activating group) is 1. The minimum Gasteiger partial charge on any atom is -0.492 e.